The molecule has 4 nitrogen and oxygen atoms in total. The Hall–Kier alpha value is -3.22. The number of anilines is 1. The molecule has 4 aromatic rings. The molecule has 1 aliphatic heterocycles. The molecule has 2 aromatic heterocycles. The van der Waals surface area contributed by atoms with E-state index in [2.05, 4.69) is 39.7 Å². The van der Waals surface area contributed by atoms with Crippen molar-refractivity contribution in [1.29, 1.82) is 0 Å². The number of nitrogens with one attached hydrogen (secondary N) is 1. The molecule has 5 rings (SSSR count). The number of thiocarbonyl (C=S) groups is 1. The highest BCUT2D eigenvalue weighted by Gasteiger charge is 2.42. The van der Waals surface area contributed by atoms with Crippen molar-refractivity contribution in [3.05, 3.63) is 112 Å². The molecule has 3 heterocycles. The van der Waals surface area contributed by atoms with Crippen LogP contribution in [0.5, 0.6) is 0 Å². The molecule has 1 saturated heterocycles. The first-order valence-corrected chi connectivity index (χ1v) is 11.4. The number of hydrogen-bond donors (Lipinski definition) is 1. The minimum Gasteiger partial charge on any atom is -0.351 e. The molecular formula is C26H22ClFN4S. The lowest BCUT2D eigenvalue weighted by Gasteiger charge is -2.28. The zero-order valence-corrected chi connectivity index (χ0v) is 19.7. The van der Waals surface area contributed by atoms with Gasteiger partial charge in [0, 0.05) is 34.0 Å². The van der Waals surface area contributed by atoms with Crippen LogP contribution in [0.1, 0.15) is 34.7 Å². The second kappa shape index (κ2) is 8.61. The lowest BCUT2D eigenvalue weighted by molar-refractivity contribution is 0.565. The maximum Gasteiger partial charge on any atom is 0.174 e. The van der Waals surface area contributed by atoms with Crippen LogP contribution in [0.4, 0.5) is 10.1 Å². The molecule has 0 amide bonds. The molecule has 0 unspecified atom stereocenters. The van der Waals surface area contributed by atoms with Gasteiger partial charge in [-0.1, -0.05) is 23.7 Å². The summed E-state index contributed by atoms with van der Waals surface area (Å²) in [7, 11) is 0. The SMILES string of the molecule is Cc1cc([C@@H]2[C@@H](c3ccccn3)NC(=S)N2c2ccc(F)cc2)c(C)n1-c1cccc(Cl)c1. The van der Waals surface area contributed by atoms with E-state index in [1.807, 2.05) is 42.5 Å². The third kappa shape index (κ3) is 3.90. The van der Waals surface area contributed by atoms with E-state index in [-0.39, 0.29) is 17.9 Å². The fraction of sp³-hybridized carbons (Fsp3) is 0.154. The summed E-state index contributed by atoms with van der Waals surface area (Å²) >= 11 is 12.1. The van der Waals surface area contributed by atoms with E-state index in [0.717, 1.165) is 34.0 Å². The molecule has 1 aliphatic rings. The Morgan fingerprint density at radius 1 is 0.970 bits per heavy atom. The minimum absolute atomic E-state index is 0.169. The van der Waals surface area contributed by atoms with Crippen LogP contribution < -0.4 is 10.2 Å². The summed E-state index contributed by atoms with van der Waals surface area (Å²) in [5.41, 5.74) is 5.99. The van der Waals surface area contributed by atoms with Crippen LogP contribution in [0.15, 0.2) is 79.0 Å². The summed E-state index contributed by atoms with van der Waals surface area (Å²) in [5.74, 6) is -0.284. The average Bonchev–Trinajstić information content (AvgIpc) is 3.30. The molecule has 7 heteroatoms. The van der Waals surface area contributed by atoms with E-state index in [0.29, 0.717) is 10.1 Å². The van der Waals surface area contributed by atoms with Gasteiger partial charge in [0.2, 0.25) is 0 Å². The van der Waals surface area contributed by atoms with Crippen LogP contribution in [-0.2, 0) is 0 Å². The number of rotatable bonds is 4. The maximum absolute atomic E-state index is 13.7. The van der Waals surface area contributed by atoms with Crippen LogP contribution in [0.2, 0.25) is 5.02 Å². The number of benzene rings is 2. The summed E-state index contributed by atoms with van der Waals surface area (Å²) in [4.78, 5) is 6.66. The average molecular weight is 477 g/mol. The number of pyridine rings is 1. The van der Waals surface area contributed by atoms with Gasteiger partial charge in [-0.3, -0.25) is 4.98 Å². The monoisotopic (exact) mass is 476 g/mol. The van der Waals surface area contributed by atoms with Gasteiger partial charge in [0.1, 0.15) is 5.82 Å². The van der Waals surface area contributed by atoms with Crippen molar-refractivity contribution in [2.45, 2.75) is 25.9 Å². The molecule has 0 aliphatic carbocycles. The Morgan fingerprint density at radius 3 is 2.45 bits per heavy atom. The Bertz CT molecular complexity index is 1320. The van der Waals surface area contributed by atoms with Gasteiger partial charge in [0.25, 0.3) is 0 Å². The van der Waals surface area contributed by atoms with Crippen molar-refractivity contribution in [2.24, 2.45) is 0 Å². The standard InChI is InChI=1S/C26H22ClFN4S/c1-16-14-22(17(2)31(16)21-7-5-6-18(27)15-21)25-24(23-8-3-4-13-29-23)30-26(33)32(25)20-11-9-19(28)10-12-20/h3-15,24-25H,1-2H3,(H,30,33)/t24-,25-/m1/s1. The largest absolute Gasteiger partial charge is 0.351 e. The Labute approximate surface area is 202 Å². The summed E-state index contributed by atoms with van der Waals surface area (Å²) in [6, 6.07) is 22.0. The highest BCUT2D eigenvalue weighted by molar-refractivity contribution is 7.80. The van der Waals surface area contributed by atoms with Crippen molar-refractivity contribution in [2.75, 3.05) is 4.90 Å². The molecule has 2 aromatic carbocycles. The summed E-state index contributed by atoms with van der Waals surface area (Å²) in [6.07, 6.45) is 1.78. The molecule has 2 atom stereocenters. The number of aromatic nitrogens is 2. The van der Waals surface area contributed by atoms with Crippen LogP contribution in [0.25, 0.3) is 5.69 Å². The van der Waals surface area contributed by atoms with Crippen molar-refractivity contribution in [1.82, 2.24) is 14.9 Å². The maximum atomic E-state index is 13.7. The molecule has 0 bridgehead atoms. The third-order valence-corrected chi connectivity index (χ3v) is 6.61. The second-order valence-corrected chi connectivity index (χ2v) is 8.94. The van der Waals surface area contributed by atoms with Gasteiger partial charge in [-0.2, -0.15) is 0 Å². The molecule has 33 heavy (non-hydrogen) atoms. The molecule has 1 N–H and O–H groups in total. The number of halogens is 2. The normalized spacial score (nSPS) is 17.9. The zero-order valence-electron chi connectivity index (χ0n) is 18.2. The first kappa shape index (κ1) is 21.6. The molecule has 1 fully saturated rings. The van der Waals surface area contributed by atoms with Gasteiger partial charge in [0.05, 0.1) is 17.8 Å². The van der Waals surface area contributed by atoms with E-state index in [1.54, 1.807) is 18.3 Å². The van der Waals surface area contributed by atoms with Crippen molar-refractivity contribution >= 4 is 34.6 Å². The van der Waals surface area contributed by atoms with Crippen LogP contribution in [-0.4, -0.2) is 14.7 Å². The van der Waals surface area contributed by atoms with Crippen LogP contribution >= 0.6 is 23.8 Å². The van der Waals surface area contributed by atoms with Gasteiger partial charge in [-0.25, -0.2) is 4.39 Å². The first-order valence-electron chi connectivity index (χ1n) is 10.6. The molecule has 166 valence electrons. The molecule has 0 spiro atoms. The minimum atomic E-state index is -0.284. The van der Waals surface area contributed by atoms with Crippen molar-refractivity contribution < 1.29 is 4.39 Å². The van der Waals surface area contributed by atoms with E-state index >= 15 is 0 Å². The van der Waals surface area contributed by atoms with E-state index in [1.165, 1.54) is 12.1 Å². The van der Waals surface area contributed by atoms with Crippen LogP contribution in [0, 0.1) is 19.7 Å². The number of aryl methyl sites for hydroxylation is 1. The second-order valence-electron chi connectivity index (χ2n) is 8.11. The van der Waals surface area contributed by atoms with E-state index in [4.69, 9.17) is 23.8 Å². The summed E-state index contributed by atoms with van der Waals surface area (Å²) in [5, 5.41) is 4.72. The van der Waals surface area contributed by atoms with E-state index < -0.39 is 0 Å². The van der Waals surface area contributed by atoms with Crippen LogP contribution in [0.3, 0.4) is 0 Å². The zero-order chi connectivity index (χ0) is 23.1. The third-order valence-electron chi connectivity index (χ3n) is 6.06. The Kier molecular flexibility index (Phi) is 5.64. The van der Waals surface area contributed by atoms with Gasteiger partial charge >= 0.3 is 0 Å². The molecular weight excluding hydrogens is 455 g/mol. The van der Waals surface area contributed by atoms with Gasteiger partial charge in [0.15, 0.2) is 5.11 Å². The predicted octanol–water partition coefficient (Wildman–Crippen LogP) is 6.46. The number of hydrogen-bond acceptors (Lipinski definition) is 2. The fourth-order valence-corrected chi connectivity index (χ4v) is 5.18. The smallest absolute Gasteiger partial charge is 0.174 e. The topological polar surface area (TPSA) is 33.1 Å². The highest BCUT2D eigenvalue weighted by Crippen LogP contribution is 2.43. The molecule has 0 saturated carbocycles. The summed E-state index contributed by atoms with van der Waals surface area (Å²) in [6.45, 7) is 4.18. The number of nitrogens with zero attached hydrogens (tertiary/aromatic N) is 3. The molecule has 0 radical (unpaired) electrons. The predicted molar refractivity (Wildman–Crippen MR) is 135 cm³/mol. The van der Waals surface area contributed by atoms with E-state index in [9.17, 15) is 4.39 Å². The Morgan fingerprint density at radius 2 is 1.76 bits per heavy atom. The highest BCUT2D eigenvalue weighted by atomic mass is 35.5. The van der Waals surface area contributed by atoms with Gasteiger partial charge in [-0.05, 0) is 92.3 Å². The summed E-state index contributed by atoms with van der Waals surface area (Å²) < 4.78 is 15.9. The lowest BCUT2D eigenvalue weighted by atomic mass is 9.96. The first-order chi connectivity index (χ1) is 15.9. The van der Waals surface area contributed by atoms with Crippen molar-refractivity contribution in [3.8, 4) is 5.69 Å². The quantitative estimate of drug-likeness (QED) is 0.343. The Balaban J connectivity index is 1.68. The van der Waals surface area contributed by atoms with Crippen molar-refractivity contribution in [3.63, 3.8) is 0 Å². The lowest BCUT2D eigenvalue weighted by Crippen LogP contribution is -2.29. The fourth-order valence-electron chi connectivity index (χ4n) is 4.65. The van der Waals surface area contributed by atoms with Gasteiger partial charge < -0.3 is 14.8 Å². The van der Waals surface area contributed by atoms with Gasteiger partial charge in [-0.15, -0.1) is 0 Å².